The number of fused-ring (bicyclic) bond motifs is 1. The van der Waals surface area contributed by atoms with Gasteiger partial charge in [-0.1, -0.05) is 31.2 Å². The van der Waals surface area contributed by atoms with Crippen LogP contribution in [0.25, 0.3) is 11.0 Å². The molecule has 0 aliphatic rings. The second-order valence-electron chi connectivity index (χ2n) is 5.21. The van der Waals surface area contributed by atoms with Crippen LogP contribution >= 0.6 is 0 Å². The second-order valence-corrected chi connectivity index (χ2v) is 5.21. The van der Waals surface area contributed by atoms with Crippen LogP contribution in [0.15, 0.2) is 52.9 Å². The largest absolute Gasteiger partial charge is 0.508 e. The number of anilines is 1. The average molecular weight is 281 g/mol. The third-order valence-corrected chi connectivity index (χ3v) is 3.71. The fourth-order valence-electron chi connectivity index (χ4n) is 2.74. The molecule has 0 amide bonds. The fourth-order valence-corrected chi connectivity index (χ4v) is 2.74. The SMILES string of the molecule is CCc1c(C(C)Nc2cccc(O)c2)oc2ccccc12. The van der Waals surface area contributed by atoms with Crippen LogP contribution in [-0.4, -0.2) is 5.11 Å². The number of benzene rings is 2. The van der Waals surface area contributed by atoms with Gasteiger partial charge in [0.05, 0.1) is 6.04 Å². The zero-order chi connectivity index (χ0) is 14.8. The first-order valence-corrected chi connectivity index (χ1v) is 7.25. The highest BCUT2D eigenvalue weighted by atomic mass is 16.3. The van der Waals surface area contributed by atoms with Gasteiger partial charge >= 0.3 is 0 Å². The van der Waals surface area contributed by atoms with E-state index in [1.54, 1.807) is 12.1 Å². The van der Waals surface area contributed by atoms with Gasteiger partial charge in [0.25, 0.3) is 0 Å². The summed E-state index contributed by atoms with van der Waals surface area (Å²) in [4.78, 5) is 0. The summed E-state index contributed by atoms with van der Waals surface area (Å²) in [6.07, 6.45) is 0.929. The lowest BCUT2D eigenvalue weighted by molar-refractivity contribution is 0.475. The smallest absolute Gasteiger partial charge is 0.134 e. The summed E-state index contributed by atoms with van der Waals surface area (Å²) in [5, 5.41) is 14.1. The van der Waals surface area contributed by atoms with Gasteiger partial charge in [-0.3, -0.25) is 0 Å². The predicted octanol–water partition coefficient (Wildman–Crippen LogP) is 4.87. The van der Waals surface area contributed by atoms with Crippen molar-refractivity contribution in [1.29, 1.82) is 0 Å². The molecule has 1 heterocycles. The standard InChI is InChI=1S/C18H19NO2/c1-3-15-16-9-4-5-10-17(16)21-18(15)12(2)19-13-7-6-8-14(20)11-13/h4-12,19-20H,3H2,1-2H3. The van der Waals surface area contributed by atoms with Crippen LogP contribution in [0.5, 0.6) is 5.75 Å². The number of hydrogen-bond donors (Lipinski definition) is 2. The normalized spacial score (nSPS) is 12.5. The monoisotopic (exact) mass is 281 g/mol. The molecule has 0 saturated carbocycles. The van der Waals surface area contributed by atoms with E-state index in [1.165, 1.54) is 10.9 Å². The van der Waals surface area contributed by atoms with Crippen molar-refractivity contribution in [3.63, 3.8) is 0 Å². The van der Waals surface area contributed by atoms with Crippen molar-refractivity contribution in [2.75, 3.05) is 5.32 Å². The van der Waals surface area contributed by atoms with Crippen LogP contribution < -0.4 is 5.32 Å². The first-order chi connectivity index (χ1) is 10.2. The van der Waals surface area contributed by atoms with Gasteiger partial charge in [-0.15, -0.1) is 0 Å². The zero-order valence-corrected chi connectivity index (χ0v) is 12.3. The summed E-state index contributed by atoms with van der Waals surface area (Å²) in [5.41, 5.74) is 3.05. The zero-order valence-electron chi connectivity index (χ0n) is 12.3. The highest BCUT2D eigenvalue weighted by Gasteiger charge is 2.18. The Balaban J connectivity index is 1.95. The molecule has 108 valence electrons. The van der Waals surface area contributed by atoms with Gasteiger partial charge in [0.2, 0.25) is 0 Å². The fraction of sp³-hybridized carbons (Fsp3) is 0.222. The van der Waals surface area contributed by atoms with Crippen molar-refractivity contribution >= 4 is 16.7 Å². The Labute approximate surface area is 124 Å². The van der Waals surface area contributed by atoms with Crippen molar-refractivity contribution in [2.24, 2.45) is 0 Å². The third kappa shape index (κ3) is 2.59. The molecule has 3 nitrogen and oxygen atoms in total. The first kappa shape index (κ1) is 13.6. The van der Waals surface area contributed by atoms with Crippen LogP contribution in [0.1, 0.15) is 31.2 Å². The summed E-state index contributed by atoms with van der Waals surface area (Å²) < 4.78 is 6.03. The van der Waals surface area contributed by atoms with Crippen molar-refractivity contribution in [1.82, 2.24) is 0 Å². The van der Waals surface area contributed by atoms with E-state index in [2.05, 4.69) is 25.2 Å². The highest BCUT2D eigenvalue weighted by molar-refractivity contribution is 5.82. The van der Waals surface area contributed by atoms with E-state index in [4.69, 9.17) is 4.42 Å². The number of aromatic hydroxyl groups is 1. The first-order valence-electron chi connectivity index (χ1n) is 7.25. The Kier molecular flexibility index (Phi) is 3.57. The topological polar surface area (TPSA) is 45.4 Å². The molecule has 0 aliphatic carbocycles. The average Bonchev–Trinajstić information content (AvgIpc) is 2.86. The Bertz CT molecular complexity index is 761. The van der Waals surface area contributed by atoms with E-state index in [0.29, 0.717) is 0 Å². The minimum Gasteiger partial charge on any atom is -0.508 e. The molecule has 0 aliphatic heterocycles. The van der Waals surface area contributed by atoms with Gasteiger partial charge in [-0.2, -0.15) is 0 Å². The van der Waals surface area contributed by atoms with Crippen LogP contribution in [-0.2, 0) is 6.42 Å². The molecule has 21 heavy (non-hydrogen) atoms. The maximum Gasteiger partial charge on any atom is 0.134 e. The van der Waals surface area contributed by atoms with Crippen molar-refractivity contribution < 1.29 is 9.52 Å². The second kappa shape index (κ2) is 5.52. The Morgan fingerprint density at radius 2 is 1.95 bits per heavy atom. The number of para-hydroxylation sites is 1. The van der Waals surface area contributed by atoms with Gasteiger partial charge < -0.3 is 14.8 Å². The van der Waals surface area contributed by atoms with E-state index < -0.39 is 0 Å². The molecule has 0 bridgehead atoms. The van der Waals surface area contributed by atoms with Crippen molar-refractivity contribution in [3.05, 3.63) is 59.9 Å². The number of furan rings is 1. The highest BCUT2D eigenvalue weighted by Crippen LogP contribution is 2.32. The molecule has 2 N–H and O–H groups in total. The predicted molar refractivity (Wildman–Crippen MR) is 85.7 cm³/mol. The lowest BCUT2D eigenvalue weighted by atomic mass is 10.0. The molecule has 1 aromatic heterocycles. The summed E-state index contributed by atoms with van der Waals surface area (Å²) in [6.45, 7) is 4.21. The van der Waals surface area contributed by atoms with E-state index in [-0.39, 0.29) is 11.8 Å². The molecule has 3 heteroatoms. The molecule has 3 aromatic rings. The summed E-state index contributed by atoms with van der Waals surface area (Å²) in [6, 6.07) is 15.3. The molecular weight excluding hydrogens is 262 g/mol. The molecule has 0 spiro atoms. The number of hydrogen-bond acceptors (Lipinski definition) is 3. The number of phenolic OH excluding ortho intramolecular Hbond substituents is 1. The molecule has 2 aromatic carbocycles. The summed E-state index contributed by atoms with van der Waals surface area (Å²) in [5.74, 6) is 1.22. The van der Waals surface area contributed by atoms with Gasteiger partial charge in [0.15, 0.2) is 0 Å². The van der Waals surface area contributed by atoms with Crippen molar-refractivity contribution in [3.8, 4) is 5.75 Å². The van der Waals surface area contributed by atoms with Gasteiger partial charge in [0, 0.05) is 22.7 Å². The van der Waals surface area contributed by atoms with E-state index in [1.807, 2.05) is 30.3 Å². The molecule has 0 radical (unpaired) electrons. The molecule has 0 fully saturated rings. The van der Waals surface area contributed by atoms with Crippen LogP contribution in [0, 0.1) is 0 Å². The maximum absolute atomic E-state index is 9.55. The molecule has 0 saturated heterocycles. The Morgan fingerprint density at radius 3 is 2.71 bits per heavy atom. The van der Waals surface area contributed by atoms with Crippen LogP contribution in [0.4, 0.5) is 5.69 Å². The van der Waals surface area contributed by atoms with Gasteiger partial charge in [-0.25, -0.2) is 0 Å². The van der Waals surface area contributed by atoms with E-state index in [9.17, 15) is 5.11 Å². The maximum atomic E-state index is 9.55. The van der Waals surface area contributed by atoms with Crippen molar-refractivity contribution in [2.45, 2.75) is 26.3 Å². The van der Waals surface area contributed by atoms with Gasteiger partial charge in [-0.05, 0) is 31.5 Å². The quantitative estimate of drug-likeness (QED) is 0.716. The number of aryl methyl sites for hydroxylation is 1. The number of phenols is 1. The third-order valence-electron chi connectivity index (χ3n) is 3.71. The Hall–Kier alpha value is -2.42. The minimum atomic E-state index is 0.0363. The van der Waals surface area contributed by atoms with Crippen LogP contribution in [0.3, 0.4) is 0 Å². The van der Waals surface area contributed by atoms with Gasteiger partial charge in [0.1, 0.15) is 17.1 Å². The molecule has 3 rings (SSSR count). The number of nitrogens with one attached hydrogen (secondary N) is 1. The lowest BCUT2D eigenvalue weighted by Gasteiger charge is -2.14. The lowest BCUT2D eigenvalue weighted by Crippen LogP contribution is -2.07. The summed E-state index contributed by atoms with van der Waals surface area (Å²) in [7, 11) is 0. The van der Waals surface area contributed by atoms with Crippen LogP contribution in [0.2, 0.25) is 0 Å². The molecule has 1 unspecified atom stereocenters. The number of rotatable bonds is 4. The Morgan fingerprint density at radius 1 is 1.14 bits per heavy atom. The summed E-state index contributed by atoms with van der Waals surface area (Å²) >= 11 is 0. The van der Waals surface area contributed by atoms with E-state index in [0.717, 1.165) is 23.5 Å². The molecular formula is C18H19NO2. The van der Waals surface area contributed by atoms with E-state index >= 15 is 0 Å². The minimum absolute atomic E-state index is 0.0363. The molecule has 1 atom stereocenters.